The minimum Gasteiger partial charge on any atom is -0.490 e. The molecule has 0 aromatic heterocycles. The minimum atomic E-state index is -0.973. The third-order valence-corrected chi connectivity index (χ3v) is 3.42. The summed E-state index contributed by atoms with van der Waals surface area (Å²) in [6, 6.07) is 9.69. The number of halogens is 1. The van der Waals surface area contributed by atoms with Gasteiger partial charge in [-0.3, -0.25) is 0 Å². The summed E-state index contributed by atoms with van der Waals surface area (Å²) in [7, 11) is 0. The summed E-state index contributed by atoms with van der Waals surface area (Å²) in [5.74, 6) is -0.113. The van der Waals surface area contributed by atoms with Crippen LogP contribution in [-0.2, 0) is 13.2 Å². The maximum atomic E-state index is 10.8. The Labute approximate surface area is 139 Å². The predicted octanol–water partition coefficient (Wildman–Crippen LogP) is 3.51. The van der Waals surface area contributed by atoms with Crippen LogP contribution in [0.2, 0.25) is 5.02 Å². The van der Waals surface area contributed by atoms with E-state index in [0.29, 0.717) is 28.7 Å². The van der Waals surface area contributed by atoms with E-state index in [1.165, 1.54) is 12.1 Å². The fourth-order valence-electron chi connectivity index (χ4n) is 2.01. The van der Waals surface area contributed by atoms with Crippen molar-refractivity contribution in [2.45, 2.75) is 20.1 Å². The van der Waals surface area contributed by atoms with Gasteiger partial charge in [0.1, 0.15) is 6.61 Å². The van der Waals surface area contributed by atoms with Crippen LogP contribution in [0.25, 0.3) is 0 Å². The number of aliphatic hydroxyl groups excluding tert-OH is 1. The van der Waals surface area contributed by atoms with Gasteiger partial charge in [-0.25, -0.2) is 4.79 Å². The smallest absolute Gasteiger partial charge is 0.335 e. The molecule has 0 aliphatic heterocycles. The molecule has 0 bridgehead atoms. The topological polar surface area (TPSA) is 76.0 Å². The van der Waals surface area contributed by atoms with Crippen LogP contribution in [0, 0.1) is 0 Å². The lowest BCUT2D eigenvalue weighted by molar-refractivity contribution is 0.0697. The fraction of sp³-hybridized carbons (Fsp3) is 0.235. The van der Waals surface area contributed by atoms with Crippen molar-refractivity contribution in [1.29, 1.82) is 0 Å². The fourth-order valence-corrected chi connectivity index (χ4v) is 2.30. The van der Waals surface area contributed by atoms with Crippen LogP contribution in [-0.4, -0.2) is 22.8 Å². The molecule has 2 aromatic carbocycles. The lowest BCUT2D eigenvalue weighted by Crippen LogP contribution is -2.02. The standard InChI is InChI=1S/C17H17ClO5/c1-2-22-15-8-12(9-19)7-14(18)16(15)23-10-11-3-5-13(6-4-11)17(20)21/h3-8,19H,2,9-10H2,1H3,(H,20,21). The van der Waals surface area contributed by atoms with Crippen LogP contribution >= 0.6 is 11.6 Å². The number of aliphatic hydroxyl groups is 1. The van der Waals surface area contributed by atoms with E-state index < -0.39 is 5.97 Å². The van der Waals surface area contributed by atoms with Crippen molar-refractivity contribution in [3.63, 3.8) is 0 Å². The van der Waals surface area contributed by atoms with Crippen LogP contribution in [0.3, 0.4) is 0 Å². The lowest BCUT2D eigenvalue weighted by Gasteiger charge is -2.15. The highest BCUT2D eigenvalue weighted by molar-refractivity contribution is 6.32. The molecule has 5 nitrogen and oxygen atoms in total. The van der Waals surface area contributed by atoms with Gasteiger partial charge in [-0.1, -0.05) is 23.7 Å². The Hall–Kier alpha value is -2.24. The summed E-state index contributed by atoms with van der Waals surface area (Å²) in [4.78, 5) is 10.8. The average molecular weight is 337 g/mol. The summed E-state index contributed by atoms with van der Waals surface area (Å²) in [5, 5.41) is 18.4. The number of hydrogen-bond acceptors (Lipinski definition) is 4. The van der Waals surface area contributed by atoms with Gasteiger partial charge in [-0.15, -0.1) is 0 Å². The molecule has 122 valence electrons. The number of carbonyl (C=O) groups is 1. The molecule has 2 aromatic rings. The van der Waals surface area contributed by atoms with E-state index in [2.05, 4.69) is 0 Å². The first kappa shape index (κ1) is 17.1. The van der Waals surface area contributed by atoms with Gasteiger partial charge in [0.25, 0.3) is 0 Å². The molecular weight excluding hydrogens is 320 g/mol. The number of hydrogen-bond donors (Lipinski definition) is 2. The zero-order valence-electron chi connectivity index (χ0n) is 12.6. The quantitative estimate of drug-likeness (QED) is 0.809. The van der Waals surface area contributed by atoms with Crippen molar-refractivity contribution >= 4 is 17.6 Å². The molecule has 2 rings (SSSR count). The summed E-state index contributed by atoms with van der Waals surface area (Å²) in [5.41, 5.74) is 1.66. The maximum Gasteiger partial charge on any atom is 0.335 e. The van der Waals surface area contributed by atoms with Crippen LogP contribution < -0.4 is 9.47 Å². The number of aromatic carboxylic acids is 1. The van der Waals surface area contributed by atoms with E-state index in [1.54, 1.807) is 24.3 Å². The van der Waals surface area contributed by atoms with Crippen molar-refractivity contribution in [3.8, 4) is 11.5 Å². The number of rotatable bonds is 7. The Morgan fingerprint density at radius 2 is 1.83 bits per heavy atom. The maximum absolute atomic E-state index is 10.8. The molecule has 0 atom stereocenters. The molecule has 23 heavy (non-hydrogen) atoms. The molecule has 0 heterocycles. The molecule has 0 radical (unpaired) electrons. The monoisotopic (exact) mass is 336 g/mol. The first-order valence-electron chi connectivity index (χ1n) is 7.06. The largest absolute Gasteiger partial charge is 0.490 e. The van der Waals surface area contributed by atoms with Crippen molar-refractivity contribution in [2.75, 3.05) is 6.61 Å². The number of carboxylic acids is 1. The van der Waals surface area contributed by atoms with E-state index in [1.807, 2.05) is 6.92 Å². The molecule has 0 spiro atoms. The minimum absolute atomic E-state index is 0.142. The molecule has 0 saturated heterocycles. The molecular formula is C17H17ClO5. The second-order valence-corrected chi connectivity index (χ2v) is 5.19. The summed E-state index contributed by atoms with van der Waals surface area (Å²) in [6.45, 7) is 2.36. The predicted molar refractivity (Wildman–Crippen MR) is 86.3 cm³/mol. The molecule has 6 heteroatoms. The first-order valence-corrected chi connectivity index (χ1v) is 7.44. The van der Waals surface area contributed by atoms with E-state index in [-0.39, 0.29) is 18.8 Å². The highest BCUT2D eigenvalue weighted by Crippen LogP contribution is 2.37. The Kier molecular flexibility index (Phi) is 5.84. The van der Waals surface area contributed by atoms with Gasteiger partial charge in [0, 0.05) is 0 Å². The van der Waals surface area contributed by atoms with Gasteiger partial charge in [0.15, 0.2) is 11.5 Å². The Balaban J connectivity index is 2.17. The molecule has 0 fully saturated rings. The van der Waals surface area contributed by atoms with E-state index >= 15 is 0 Å². The third-order valence-electron chi connectivity index (χ3n) is 3.14. The molecule has 0 unspecified atom stereocenters. The lowest BCUT2D eigenvalue weighted by atomic mass is 10.1. The zero-order chi connectivity index (χ0) is 16.8. The van der Waals surface area contributed by atoms with E-state index in [9.17, 15) is 9.90 Å². The van der Waals surface area contributed by atoms with Crippen LogP contribution in [0.5, 0.6) is 11.5 Å². The molecule has 0 saturated carbocycles. The van der Waals surface area contributed by atoms with Crippen molar-refractivity contribution in [3.05, 3.63) is 58.1 Å². The molecule has 0 amide bonds. The van der Waals surface area contributed by atoms with Gasteiger partial charge in [-0.2, -0.15) is 0 Å². The molecule has 0 aliphatic rings. The zero-order valence-corrected chi connectivity index (χ0v) is 13.3. The summed E-state index contributed by atoms with van der Waals surface area (Å²) in [6.07, 6.45) is 0. The van der Waals surface area contributed by atoms with E-state index in [0.717, 1.165) is 5.56 Å². The average Bonchev–Trinajstić information content (AvgIpc) is 2.54. The second-order valence-electron chi connectivity index (χ2n) is 4.79. The Morgan fingerprint density at radius 3 is 2.39 bits per heavy atom. The first-order chi connectivity index (χ1) is 11.0. The van der Waals surface area contributed by atoms with Crippen LogP contribution in [0.15, 0.2) is 36.4 Å². The number of benzene rings is 2. The van der Waals surface area contributed by atoms with Crippen molar-refractivity contribution in [2.24, 2.45) is 0 Å². The molecule has 2 N–H and O–H groups in total. The Morgan fingerprint density at radius 1 is 1.13 bits per heavy atom. The van der Waals surface area contributed by atoms with Crippen molar-refractivity contribution in [1.82, 2.24) is 0 Å². The highest BCUT2D eigenvalue weighted by Gasteiger charge is 2.13. The van der Waals surface area contributed by atoms with E-state index in [4.69, 9.17) is 26.2 Å². The van der Waals surface area contributed by atoms with Gasteiger partial charge in [0.05, 0.1) is 23.8 Å². The Bertz CT molecular complexity index is 682. The summed E-state index contributed by atoms with van der Waals surface area (Å²) >= 11 is 6.19. The van der Waals surface area contributed by atoms with Gasteiger partial charge in [0.2, 0.25) is 0 Å². The molecule has 0 aliphatic carbocycles. The second kappa shape index (κ2) is 7.85. The SMILES string of the molecule is CCOc1cc(CO)cc(Cl)c1OCc1ccc(C(=O)O)cc1. The van der Waals surface area contributed by atoms with Crippen molar-refractivity contribution < 1.29 is 24.5 Å². The van der Waals surface area contributed by atoms with Crippen LogP contribution in [0.1, 0.15) is 28.4 Å². The summed E-state index contributed by atoms with van der Waals surface area (Å²) < 4.78 is 11.2. The number of ether oxygens (including phenoxy) is 2. The van der Waals surface area contributed by atoms with Gasteiger partial charge >= 0.3 is 5.97 Å². The van der Waals surface area contributed by atoms with Gasteiger partial charge in [-0.05, 0) is 42.3 Å². The van der Waals surface area contributed by atoms with Crippen LogP contribution in [0.4, 0.5) is 0 Å². The number of carboxylic acid groups (broad SMARTS) is 1. The third kappa shape index (κ3) is 4.37. The normalized spacial score (nSPS) is 10.4. The highest BCUT2D eigenvalue weighted by atomic mass is 35.5. The van der Waals surface area contributed by atoms with Gasteiger partial charge < -0.3 is 19.7 Å².